The maximum atomic E-state index is 11.7. The fraction of sp³-hybridized carbons (Fsp3) is 0.545. The molecule has 0 radical (unpaired) electrons. The Hall–Kier alpha value is -0.430. The molecule has 4 nitrogen and oxygen atoms in total. The molecule has 1 aromatic rings. The van der Waals surface area contributed by atoms with Crippen LogP contribution in [-0.4, -0.2) is 37.0 Å². The van der Waals surface area contributed by atoms with E-state index in [9.17, 15) is 4.79 Å². The van der Waals surface area contributed by atoms with Crippen LogP contribution in [0.5, 0.6) is 0 Å². The first-order chi connectivity index (χ1) is 8.09. The summed E-state index contributed by atoms with van der Waals surface area (Å²) < 4.78 is 1.05. The van der Waals surface area contributed by atoms with Crippen molar-refractivity contribution >= 4 is 33.2 Å². The van der Waals surface area contributed by atoms with Crippen LogP contribution in [0.15, 0.2) is 10.5 Å². The minimum Gasteiger partial charge on any atom is -0.368 e. The van der Waals surface area contributed by atoms with Crippen LogP contribution >= 0.6 is 27.3 Å². The number of halogens is 1. The van der Waals surface area contributed by atoms with Crippen molar-refractivity contribution in [3.8, 4) is 0 Å². The van der Waals surface area contributed by atoms with Crippen LogP contribution in [-0.2, 0) is 4.79 Å². The summed E-state index contributed by atoms with van der Waals surface area (Å²) in [6.07, 6.45) is 0. The second kappa shape index (κ2) is 5.48. The van der Waals surface area contributed by atoms with Gasteiger partial charge in [-0.15, -0.1) is 11.3 Å². The minimum atomic E-state index is -0.285. The van der Waals surface area contributed by atoms with Crippen molar-refractivity contribution in [2.24, 2.45) is 5.73 Å². The molecular weight excluding hydrogens is 302 g/mol. The smallest absolute Gasteiger partial charge is 0.240 e. The molecule has 6 heteroatoms. The average molecular weight is 318 g/mol. The summed E-state index contributed by atoms with van der Waals surface area (Å²) in [7, 11) is 0. The normalized spacial score (nSPS) is 19.2. The number of nitrogens with one attached hydrogen (secondary N) is 1. The average Bonchev–Trinajstić information content (AvgIpc) is 2.60. The molecule has 1 atom stereocenters. The van der Waals surface area contributed by atoms with Crippen LogP contribution in [0.4, 0.5) is 0 Å². The van der Waals surface area contributed by atoms with Crippen LogP contribution in [0, 0.1) is 6.92 Å². The molecule has 1 saturated heterocycles. The van der Waals surface area contributed by atoms with Gasteiger partial charge in [0, 0.05) is 40.4 Å². The molecule has 0 aromatic carbocycles. The number of primary amides is 1. The SMILES string of the molecule is Cc1sc(C(C(N)=O)N2CCNCC2)cc1Br. The third-order valence-corrected chi connectivity index (χ3v) is 5.12. The summed E-state index contributed by atoms with van der Waals surface area (Å²) in [5.74, 6) is -0.263. The monoisotopic (exact) mass is 317 g/mol. The number of hydrogen-bond acceptors (Lipinski definition) is 4. The summed E-state index contributed by atoms with van der Waals surface area (Å²) >= 11 is 5.12. The van der Waals surface area contributed by atoms with Crippen molar-refractivity contribution in [1.82, 2.24) is 10.2 Å². The Labute approximate surface area is 113 Å². The van der Waals surface area contributed by atoms with E-state index in [4.69, 9.17) is 5.73 Å². The molecule has 1 amide bonds. The van der Waals surface area contributed by atoms with E-state index in [2.05, 4.69) is 26.1 Å². The van der Waals surface area contributed by atoms with Gasteiger partial charge in [-0.3, -0.25) is 9.69 Å². The van der Waals surface area contributed by atoms with E-state index >= 15 is 0 Å². The molecule has 1 aromatic heterocycles. The Morgan fingerprint density at radius 1 is 1.59 bits per heavy atom. The van der Waals surface area contributed by atoms with Crippen molar-refractivity contribution < 1.29 is 4.79 Å². The molecule has 3 N–H and O–H groups in total. The largest absolute Gasteiger partial charge is 0.368 e. The predicted molar refractivity (Wildman–Crippen MR) is 73.1 cm³/mol. The molecule has 1 unspecified atom stereocenters. The summed E-state index contributed by atoms with van der Waals surface area (Å²) in [4.78, 5) is 16.0. The number of carbonyl (C=O) groups excluding carboxylic acids is 1. The number of thiophene rings is 1. The maximum absolute atomic E-state index is 11.7. The van der Waals surface area contributed by atoms with Crippen LogP contribution in [0.25, 0.3) is 0 Å². The zero-order valence-corrected chi connectivity index (χ0v) is 12.1. The second-order valence-electron chi connectivity index (χ2n) is 4.14. The Morgan fingerprint density at radius 3 is 2.71 bits per heavy atom. The van der Waals surface area contributed by atoms with Gasteiger partial charge in [0.05, 0.1) is 0 Å². The Balaban J connectivity index is 2.24. The van der Waals surface area contributed by atoms with Gasteiger partial charge in [-0.2, -0.15) is 0 Å². The van der Waals surface area contributed by atoms with Crippen molar-refractivity contribution in [1.29, 1.82) is 0 Å². The van der Waals surface area contributed by atoms with Gasteiger partial charge < -0.3 is 11.1 Å². The lowest BCUT2D eigenvalue weighted by Gasteiger charge is -2.32. The zero-order valence-electron chi connectivity index (χ0n) is 9.70. The van der Waals surface area contributed by atoms with Gasteiger partial charge in [0.25, 0.3) is 0 Å². The van der Waals surface area contributed by atoms with Crippen LogP contribution in [0.1, 0.15) is 15.8 Å². The lowest BCUT2D eigenvalue weighted by atomic mass is 10.1. The van der Waals surface area contributed by atoms with Crippen LogP contribution < -0.4 is 11.1 Å². The Kier molecular flexibility index (Phi) is 4.19. The molecule has 1 aliphatic rings. The topological polar surface area (TPSA) is 58.4 Å². The highest BCUT2D eigenvalue weighted by molar-refractivity contribution is 9.10. The molecule has 0 bridgehead atoms. The molecule has 0 spiro atoms. The lowest BCUT2D eigenvalue weighted by molar-refractivity contribution is -0.123. The molecule has 94 valence electrons. The second-order valence-corrected chi connectivity index (χ2v) is 6.29. The van der Waals surface area contributed by atoms with E-state index in [1.165, 1.54) is 4.88 Å². The van der Waals surface area contributed by atoms with E-state index in [1.807, 2.05) is 13.0 Å². The highest BCUT2D eigenvalue weighted by Crippen LogP contribution is 2.33. The number of piperazine rings is 1. The van der Waals surface area contributed by atoms with E-state index < -0.39 is 0 Å². The van der Waals surface area contributed by atoms with Crippen molar-refractivity contribution in [3.63, 3.8) is 0 Å². The first-order valence-corrected chi connectivity index (χ1v) is 7.20. The van der Waals surface area contributed by atoms with Gasteiger partial charge >= 0.3 is 0 Å². The molecule has 17 heavy (non-hydrogen) atoms. The zero-order chi connectivity index (χ0) is 12.4. The van der Waals surface area contributed by atoms with Gasteiger partial charge in [0.15, 0.2) is 0 Å². The number of aryl methyl sites for hydroxylation is 1. The number of nitrogens with two attached hydrogens (primary N) is 1. The van der Waals surface area contributed by atoms with E-state index in [0.717, 1.165) is 35.5 Å². The summed E-state index contributed by atoms with van der Waals surface area (Å²) in [6.45, 7) is 5.59. The molecule has 0 aliphatic carbocycles. The van der Waals surface area contributed by atoms with Crippen LogP contribution in [0.3, 0.4) is 0 Å². The van der Waals surface area contributed by atoms with Crippen molar-refractivity contribution in [2.45, 2.75) is 13.0 Å². The van der Waals surface area contributed by atoms with Crippen molar-refractivity contribution in [2.75, 3.05) is 26.2 Å². The molecule has 1 aliphatic heterocycles. The lowest BCUT2D eigenvalue weighted by Crippen LogP contribution is -2.48. The molecule has 2 heterocycles. The van der Waals surface area contributed by atoms with Gasteiger partial charge in [-0.25, -0.2) is 0 Å². The first kappa shape index (κ1) is 13.0. The van der Waals surface area contributed by atoms with E-state index in [-0.39, 0.29) is 11.9 Å². The fourth-order valence-corrected chi connectivity index (χ4v) is 3.76. The number of rotatable bonds is 3. The summed E-state index contributed by atoms with van der Waals surface area (Å²) in [6, 6.07) is 1.73. The van der Waals surface area contributed by atoms with Gasteiger partial charge in [-0.1, -0.05) is 0 Å². The number of carbonyl (C=O) groups is 1. The van der Waals surface area contributed by atoms with Gasteiger partial charge in [-0.05, 0) is 28.9 Å². The highest BCUT2D eigenvalue weighted by Gasteiger charge is 2.28. The fourth-order valence-electron chi connectivity index (χ4n) is 2.06. The molecular formula is C11H16BrN3OS. The number of hydrogen-bond donors (Lipinski definition) is 2. The molecule has 0 saturated carbocycles. The Bertz CT molecular complexity index is 395. The predicted octanol–water partition coefficient (Wildman–Crippen LogP) is 1.25. The van der Waals surface area contributed by atoms with Gasteiger partial charge in [0.1, 0.15) is 6.04 Å². The molecule has 1 fully saturated rings. The van der Waals surface area contributed by atoms with E-state index in [0.29, 0.717) is 0 Å². The Morgan fingerprint density at radius 2 is 2.24 bits per heavy atom. The quantitative estimate of drug-likeness (QED) is 0.882. The third-order valence-electron chi connectivity index (χ3n) is 2.93. The number of amides is 1. The third kappa shape index (κ3) is 2.88. The number of nitrogens with zero attached hydrogens (tertiary/aromatic N) is 1. The van der Waals surface area contributed by atoms with Crippen LogP contribution in [0.2, 0.25) is 0 Å². The standard InChI is InChI=1S/C11H16BrN3OS/c1-7-8(12)6-9(17-7)10(11(13)16)15-4-2-14-3-5-15/h6,10,14H,2-5H2,1H3,(H2,13,16). The first-order valence-electron chi connectivity index (χ1n) is 5.59. The molecule has 2 rings (SSSR count). The van der Waals surface area contributed by atoms with E-state index in [1.54, 1.807) is 11.3 Å². The minimum absolute atomic E-state index is 0.263. The highest BCUT2D eigenvalue weighted by atomic mass is 79.9. The van der Waals surface area contributed by atoms with Crippen molar-refractivity contribution in [3.05, 3.63) is 20.3 Å². The summed E-state index contributed by atoms with van der Waals surface area (Å²) in [5, 5.41) is 3.28. The summed E-state index contributed by atoms with van der Waals surface area (Å²) in [5.41, 5.74) is 5.55. The van der Waals surface area contributed by atoms with Gasteiger partial charge in [0.2, 0.25) is 5.91 Å². The maximum Gasteiger partial charge on any atom is 0.240 e.